The zero-order chi connectivity index (χ0) is 16.3. The number of aryl methyl sites for hydroxylation is 1. The minimum atomic E-state index is 0. The zero-order valence-corrected chi connectivity index (χ0v) is 17.6. The lowest BCUT2D eigenvalue weighted by molar-refractivity contribution is 0.371. The van der Waals surface area contributed by atoms with Gasteiger partial charge in [0, 0.05) is 23.5 Å². The lowest BCUT2D eigenvalue weighted by atomic mass is 9.96. The predicted octanol–water partition coefficient (Wildman–Crippen LogP) is 3.16. The van der Waals surface area contributed by atoms with Crippen molar-refractivity contribution in [2.24, 2.45) is 4.99 Å². The van der Waals surface area contributed by atoms with Crippen molar-refractivity contribution in [3.63, 3.8) is 0 Å². The van der Waals surface area contributed by atoms with Gasteiger partial charge >= 0.3 is 0 Å². The lowest BCUT2D eigenvalue weighted by Gasteiger charge is -2.19. The van der Waals surface area contributed by atoms with Crippen LogP contribution in [0, 0.1) is 6.92 Å². The first-order valence-electron chi connectivity index (χ1n) is 7.61. The third-order valence-corrected chi connectivity index (χ3v) is 4.58. The Morgan fingerprint density at radius 2 is 2.17 bits per heavy atom. The normalized spacial score (nSPS) is 15.5. The molecule has 0 atom stereocenters. The first-order chi connectivity index (χ1) is 11.1. The van der Waals surface area contributed by atoms with Gasteiger partial charge in [-0.2, -0.15) is 4.98 Å². The lowest BCUT2D eigenvalue weighted by Crippen LogP contribution is -2.41. The van der Waals surface area contributed by atoms with Crippen LogP contribution < -0.4 is 10.6 Å². The van der Waals surface area contributed by atoms with Crippen molar-refractivity contribution < 1.29 is 4.52 Å². The Kier molecular flexibility index (Phi) is 6.62. The molecule has 1 heterocycles. The molecule has 1 saturated carbocycles. The van der Waals surface area contributed by atoms with Crippen molar-refractivity contribution in [2.75, 3.05) is 13.6 Å². The molecule has 1 aromatic carbocycles. The van der Waals surface area contributed by atoms with Crippen molar-refractivity contribution in [3.8, 4) is 0 Å². The van der Waals surface area contributed by atoms with Gasteiger partial charge in [-0.25, -0.2) is 0 Å². The second-order valence-electron chi connectivity index (χ2n) is 5.81. The number of hydrogen-bond acceptors (Lipinski definition) is 4. The van der Waals surface area contributed by atoms with Crippen molar-refractivity contribution in [1.82, 2.24) is 20.8 Å². The Balaban J connectivity index is 0.00000208. The highest BCUT2D eigenvalue weighted by Gasteiger charge is 2.44. The molecule has 0 radical (unpaired) electrons. The van der Waals surface area contributed by atoms with E-state index in [0.717, 1.165) is 17.0 Å². The second-order valence-corrected chi connectivity index (χ2v) is 6.72. The fourth-order valence-electron chi connectivity index (χ4n) is 2.58. The summed E-state index contributed by atoms with van der Waals surface area (Å²) in [4.78, 5) is 8.41. The van der Waals surface area contributed by atoms with Crippen LogP contribution in [0.15, 0.2) is 38.3 Å². The van der Waals surface area contributed by atoms with Crippen molar-refractivity contribution in [1.29, 1.82) is 0 Å². The number of rotatable bonds is 5. The van der Waals surface area contributed by atoms with E-state index in [0.29, 0.717) is 18.3 Å². The zero-order valence-electron chi connectivity index (χ0n) is 13.7. The number of hydrogen-bond donors (Lipinski definition) is 2. The third kappa shape index (κ3) is 4.69. The first-order valence-corrected chi connectivity index (χ1v) is 8.40. The number of nitrogens with zero attached hydrogens (tertiary/aromatic N) is 3. The van der Waals surface area contributed by atoms with E-state index in [2.05, 4.69) is 66.0 Å². The Bertz CT molecular complexity index is 714. The summed E-state index contributed by atoms with van der Waals surface area (Å²) >= 11 is 3.55. The Labute approximate surface area is 167 Å². The van der Waals surface area contributed by atoms with Gasteiger partial charge in [0.15, 0.2) is 11.8 Å². The molecule has 2 aromatic rings. The van der Waals surface area contributed by atoms with Gasteiger partial charge in [-0.05, 0) is 37.5 Å². The molecule has 0 unspecified atom stereocenters. The van der Waals surface area contributed by atoms with Gasteiger partial charge in [0.2, 0.25) is 5.89 Å². The number of aliphatic imine (C=N–C) groups is 1. The molecule has 24 heavy (non-hydrogen) atoms. The number of nitrogens with one attached hydrogen (secondary N) is 2. The molecule has 2 N–H and O–H groups in total. The van der Waals surface area contributed by atoms with Gasteiger partial charge in [0.05, 0.1) is 6.54 Å². The molecule has 1 aliphatic carbocycles. The maximum absolute atomic E-state index is 5.09. The van der Waals surface area contributed by atoms with Crippen LogP contribution in [0.3, 0.4) is 0 Å². The van der Waals surface area contributed by atoms with Crippen molar-refractivity contribution in [3.05, 3.63) is 46.0 Å². The molecule has 1 fully saturated rings. The van der Waals surface area contributed by atoms with Gasteiger partial charge < -0.3 is 15.2 Å². The molecule has 0 spiro atoms. The maximum atomic E-state index is 5.09. The largest absolute Gasteiger partial charge is 0.356 e. The highest BCUT2D eigenvalue weighted by Crippen LogP contribution is 2.48. The predicted molar refractivity (Wildman–Crippen MR) is 108 cm³/mol. The summed E-state index contributed by atoms with van der Waals surface area (Å²) in [5, 5.41) is 10.4. The standard InChI is InChI=1S/C16H20BrN5O.HI/c1-11-21-14(23-22-11)9-19-15(18-2)20-10-16(6-7-16)12-4-3-5-13(17)8-12;/h3-5,8H,6-7,9-10H2,1-2H3,(H2,18,19,20);1H. The van der Waals surface area contributed by atoms with E-state index in [-0.39, 0.29) is 29.4 Å². The topological polar surface area (TPSA) is 75.3 Å². The number of benzene rings is 1. The highest BCUT2D eigenvalue weighted by atomic mass is 127. The fourth-order valence-corrected chi connectivity index (χ4v) is 2.98. The minimum Gasteiger partial charge on any atom is -0.356 e. The van der Waals surface area contributed by atoms with Crippen LogP contribution in [0.2, 0.25) is 0 Å². The third-order valence-electron chi connectivity index (χ3n) is 4.09. The van der Waals surface area contributed by atoms with Crippen molar-refractivity contribution >= 4 is 45.9 Å². The van der Waals surface area contributed by atoms with E-state index < -0.39 is 0 Å². The van der Waals surface area contributed by atoms with Gasteiger partial charge in [-0.1, -0.05) is 33.2 Å². The SMILES string of the molecule is CN=C(NCc1nc(C)no1)NCC1(c2cccc(Br)c2)CC1.I. The monoisotopic (exact) mass is 505 g/mol. The van der Waals surface area contributed by atoms with Crippen LogP contribution in [-0.4, -0.2) is 29.7 Å². The molecule has 8 heteroatoms. The molecule has 0 aliphatic heterocycles. The Morgan fingerprint density at radius 1 is 1.38 bits per heavy atom. The Morgan fingerprint density at radius 3 is 2.75 bits per heavy atom. The van der Waals surface area contributed by atoms with E-state index in [1.165, 1.54) is 18.4 Å². The Hall–Kier alpha value is -1.16. The quantitative estimate of drug-likeness (QED) is 0.371. The fraction of sp³-hybridized carbons (Fsp3) is 0.438. The first kappa shape index (κ1) is 19.2. The van der Waals surface area contributed by atoms with Crippen LogP contribution in [0.4, 0.5) is 0 Å². The number of aromatic nitrogens is 2. The maximum Gasteiger partial charge on any atom is 0.246 e. The summed E-state index contributed by atoms with van der Waals surface area (Å²) in [6, 6.07) is 8.53. The molecule has 1 aromatic heterocycles. The molecule has 6 nitrogen and oxygen atoms in total. The van der Waals surface area contributed by atoms with Crippen LogP contribution in [0.25, 0.3) is 0 Å². The molecule has 0 bridgehead atoms. The minimum absolute atomic E-state index is 0. The number of guanidine groups is 1. The van der Waals surface area contributed by atoms with E-state index in [9.17, 15) is 0 Å². The summed E-state index contributed by atoms with van der Waals surface area (Å²) in [7, 11) is 1.76. The molecule has 130 valence electrons. The average Bonchev–Trinajstić information content (AvgIpc) is 3.23. The van der Waals surface area contributed by atoms with E-state index in [4.69, 9.17) is 4.52 Å². The molecule has 0 amide bonds. The van der Waals surface area contributed by atoms with E-state index >= 15 is 0 Å². The summed E-state index contributed by atoms with van der Waals surface area (Å²) in [5.74, 6) is 1.93. The summed E-state index contributed by atoms with van der Waals surface area (Å²) in [6.07, 6.45) is 2.38. The van der Waals surface area contributed by atoms with E-state index in [1.54, 1.807) is 14.0 Å². The van der Waals surface area contributed by atoms with Gasteiger partial charge in [0.1, 0.15) is 0 Å². The average molecular weight is 506 g/mol. The van der Waals surface area contributed by atoms with Crippen LogP contribution in [-0.2, 0) is 12.0 Å². The van der Waals surface area contributed by atoms with Gasteiger partial charge in [-0.3, -0.25) is 4.99 Å². The van der Waals surface area contributed by atoms with Gasteiger partial charge in [0.25, 0.3) is 0 Å². The second kappa shape index (κ2) is 8.28. The summed E-state index contributed by atoms with van der Waals surface area (Å²) in [6.45, 7) is 3.12. The molecular weight excluding hydrogens is 485 g/mol. The molecular formula is C16H21BrIN5O. The van der Waals surface area contributed by atoms with E-state index in [1.807, 2.05) is 0 Å². The van der Waals surface area contributed by atoms with Crippen LogP contribution >= 0.6 is 39.9 Å². The molecule has 0 saturated heterocycles. The number of halogens is 2. The molecule has 1 aliphatic rings. The summed E-state index contributed by atoms with van der Waals surface area (Å²) < 4.78 is 6.21. The highest BCUT2D eigenvalue weighted by molar-refractivity contribution is 14.0. The van der Waals surface area contributed by atoms with Crippen molar-refractivity contribution in [2.45, 2.75) is 31.7 Å². The van der Waals surface area contributed by atoms with Gasteiger partial charge in [-0.15, -0.1) is 24.0 Å². The summed E-state index contributed by atoms with van der Waals surface area (Å²) in [5.41, 5.74) is 1.57. The molecule has 3 rings (SSSR count). The van der Waals surface area contributed by atoms with Crippen LogP contribution in [0.1, 0.15) is 30.1 Å². The van der Waals surface area contributed by atoms with Crippen LogP contribution in [0.5, 0.6) is 0 Å². The smallest absolute Gasteiger partial charge is 0.246 e.